The van der Waals surface area contributed by atoms with E-state index in [9.17, 15) is 22.0 Å². The maximum Gasteiger partial charge on any atom is 0.573 e. The lowest BCUT2D eigenvalue weighted by Gasteiger charge is -2.39. The van der Waals surface area contributed by atoms with E-state index in [1.54, 1.807) is 12.1 Å². The van der Waals surface area contributed by atoms with Crippen LogP contribution in [0.25, 0.3) is 0 Å². The molecule has 3 nitrogen and oxygen atoms in total. The highest BCUT2D eigenvalue weighted by Crippen LogP contribution is 2.43. The van der Waals surface area contributed by atoms with Crippen LogP contribution in [0.1, 0.15) is 81.3 Å². The fraction of sp³-hybridized carbons (Fsp3) is 0.600. The number of halogens is 5. The Hall–Kier alpha value is -2.35. The minimum Gasteiger partial charge on any atom is -0.429 e. The molecule has 0 bridgehead atoms. The molecule has 38 heavy (non-hydrogen) atoms. The Balaban J connectivity index is 1.10. The molecule has 208 valence electrons. The maximum absolute atomic E-state index is 14.7. The molecule has 2 atom stereocenters. The second kappa shape index (κ2) is 11.4. The zero-order chi connectivity index (χ0) is 26.8. The Bertz CT molecular complexity index is 1020. The first-order chi connectivity index (χ1) is 18.2. The average molecular weight is 539 g/mol. The fourth-order valence-corrected chi connectivity index (χ4v) is 6.65. The molecule has 5 rings (SSSR count). The van der Waals surface area contributed by atoms with E-state index in [-0.39, 0.29) is 11.3 Å². The van der Waals surface area contributed by atoms with Crippen LogP contribution in [0.15, 0.2) is 48.5 Å². The lowest BCUT2D eigenvalue weighted by molar-refractivity contribution is -0.274. The van der Waals surface area contributed by atoms with E-state index < -0.39 is 18.2 Å². The van der Waals surface area contributed by atoms with Crippen LogP contribution < -0.4 is 9.47 Å². The Labute approximate surface area is 220 Å². The lowest BCUT2D eigenvalue weighted by Crippen LogP contribution is -2.35. The van der Waals surface area contributed by atoms with Crippen molar-refractivity contribution in [3.8, 4) is 11.5 Å². The van der Waals surface area contributed by atoms with Gasteiger partial charge in [0.2, 0.25) is 0 Å². The van der Waals surface area contributed by atoms with E-state index in [0.29, 0.717) is 17.9 Å². The maximum atomic E-state index is 14.7. The molecular formula is C30H35F5O3. The summed E-state index contributed by atoms with van der Waals surface area (Å²) in [7, 11) is 0. The second-order valence-corrected chi connectivity index (χ2v) is 11.1. The topological polar surface area (TPSA) is 27.7 Å². The molecule has 2 saturated carbocycles. The molecule has 2 aromatic rings. The van der Waals surface area contributed by atoms with Gasteiger partial charge in [0.05, 0.1) is 18.3 Å². The van der Waals surface area contributed by atoms with Crippen LogP contribution >= 0.6 is 0 Å². The molecular weight excluding hydrogens is 503 g/mol. The van der Waals surface area contributed by atoms with Gasteiger partial charge in [0.25, 0.3) is 0 Å². The predicted octanol–water partition coefficient (Wildman–Crippen LogP) is 8.97. The van der Waals surface area contributed by atoms with Crippen LogP contribution in [0.3, 0.4) is 0 Å². The monoisotopic (exact) mass is 538 g/mol. The quantitative estimate of drug-likeness (QED) is 0.329. The van der Waals surface area contributed by atoms with Gasteiger partial charge >= 0.3 is 12.5 Å². The zero-order valence-corrected chi connectivity index (χ0v) is 21.4. The summed E-state index contributed by atoms with van der Waals surface area (Å²) in [5.41, 5.74) is 0.737. The number of benzene rings is 2. The summed E-state index contributed by atoms with van der Waals surface area (Å²) >= 11 is 0. The summed E-state index contributed by atoms with van der Waals surface area (Å²) in [5, 5.41) is 0. The first kappa shape index (κ1) is 27.2. The van der Waals surface area contributed by atoms with Crippen molar-refractivity contribution in [2.24, 2.45) is 17.8 Å². The van der Waals surface area contributed by atoms with Gasteiger partial charge in [0.1, 0.15) is 11.5 Å². The third kappa shape index (κ3) is 6.80. The van der Waals surface area contributed by atoms with Crippen molar-refractivity contribution in [1.29, 1.82) is 0 Å². The van der Waals surface area contributed by atoms with Crippen molar-refractivity contribution in [3.63, 3.8) is 0 Å². The van der Waals surface area contributed by atoms with E-state index in [2.05, 4.69) is 4.74 Å². The highest BCUT2D eigenvalue weighted by Gasteiger charge is 2.37. The summed E-state index contributed by atoms with van der Waals surface area (Å²) in [4.78, 5) is 0. The van der Waals surface area contributed by atoms with Crippen molar-refractivity contribution >= 4 is 0 Å². The van der Waals surface area contributed by atoms with Gasteiger partial charge in [-0.15, -0.1) is 13.2 Å². The van der Waals surface area contributed by atoms with Gasteiger partial charge in [-0.3, -0.25) is 0 Å². The number of hydrogen-bond donors (Lipinski definition) is 0. The van der Waals surface area contributed by atoms with Crippen molar-refractivity contribution in [2.45, 2.75) is 88.7 Å². The molecule has 8 heteroatoms. The van der Waals surface area contributed by atoms with Gasteiger partial charge in [-0.1, -0.05) is 37.8 Å². The number of ether oxygens (including phenoxy) is 3. The van der Waals surface area contributed by atoms with Crippen molar-refractivity contribution in [2.75, 3.05) is 6.61 Å². The average Bonchev–Trinajstić information content (AvgIpc) is 3.44. The predicted molar refractivity (Wildman–Crippen MR) is 133 cm³/mol. The molecule has 1 saturated heterocycles. The van der Waals surface area contributed by atoms with Gasteiger partial charge < -0.3 is 14.2 Å². The molecule has 1 heterocycles. The van der Waals surface area contributed by atoms with Crippen LogP contribution in [0.5, 0.6) is 11.5 Å². The van der Waals surface area contributed by atoms with Crippen LogP contribution in [0.2, 0.25) is 0 Å². The molecule has 0 spiro atoms. The highest BCUT2D eigenvalue weighted by atomic mass is 19.4. The Morgan fingerprint density at radius 3 is 1.74 bits per heavy atom. The standard InChI is InChI=1S/C30H35F5O3/c31-29(32,37-26-14-16-27(17-15-26)38-30(33,34)35)25-12-9-22(10-13-25)21-5-7-23(8-6-21)28-18-11-24(19-36-28)20-3-1-2-4-20/h9-10,12-17,20-21,23-24,28H,1-8,11,18-19H2. The van der Waals surface area contributed by atoms with Gasteiger partial charge in [-0.25, -0.2) is 0 Å². The minimum atomic E-state index is -4.85. The number of hydrogen-bond acceptors (Lipinski definition) is 3. The van der Waals surface area contributed by atoms with Crippen molar-refractivity contribution in [3.05, 3.63) is 59.7 Å². The van der Waals surface area contributed by atoms with E-state index >= 15 is 0 Å². The molecule has 3 fully saturated rings. The number of rotatable bonds is 7. The molecule has 0 N–H and O–H groups in total. The fourth-order valence-electron chi connectivity index (χ4n) is 6.65. The van der Waals surface area contributed by atoms with Gasteiger partial charge in [-0.2, -0.15) is 8.78 Å². The smallest absolute Gasteiger partial charge is 0.429 e. The van der Waals surface area contributed by atoms with Crippen LogP contribution in [-0.2, 0) is 10.8 Å². The molecule has 0 aromatic heterocycles. The molecule has 1 aliphatic heterocycles. The molecule has 2 aliphatic carbocycles. The van der Waals surface area contributed by atoms with Gasteiger partial charge in [0, 0.05) is 0 Å². The van der Waals surface area contributed by atoms with Crippen LogP contribution in [0, 0.1) is 17.8 Å². The molecule has 0 radical (unpaired) electrons. The largest absolute Gasteiger partial charge is 0.573 e. The van der Waals surface area contributed by atoms with E-state index in [1.807, 2.05) is 0 Å². The summed E-state index contributed by atoms with van der Waals surface area (Å²) < 4.78 is 81.2. The molecule has 0 amide bonds. The van der Waals surface area contributed by atoms with Crippen LogP contribution in [0.4, 0.5) is 22.0 Å². The normalized spacial score (nSPS) is 27.3. The highest BCUT2D eigenvalue weighted by molar-refractivity contribution is 5.33. The second-order valence-electron chi connectivity index (χ2n) is 11.1. The van der Waals surface area contributed by atoms with E-state index in [0.717, 1.165) is 74.0 Å². The summed E-state index contributed by atoms with van der Waals surface area (Å²) in [6, 6.07) is 10.1. The van der Waals surface area contributed by atoms with Crippen molar-refractivity contribution < 1.29 is 36.2 Å². The lowest BCUT2D eigenvalue weighted by atomic mass is 9.74. The summed E-state index contributed by atoms with van der Waals surface area (Å²) in [6.07, 6.45) is 4.06. The SMILES string of the molecule is FC(F)(F)Oc1ccc(OC(F)(F)c2ccc(C3CCC(C4CCC(C5CCCC5)CO4)CC3)cc2)cc1. The zero-order valence-electron chi connectivity index (χ0n) is 21.4. The first-order valence-electron chi connectivity index (χ1n) is 13.8. The van der Waals surface area contributed by atoms with E-state index in [1.165, 1.54) is 50.7 Å². The minimum absolute atomic E-state index is 0.258. The molecule has 2 unspecified atom stereocenters. The van der Waals surface area contributed by atoms with Gasteiger partial charge in [0.15, 0.2) is 0 Å². The van der Waals surface area contributed by atoms with E-state index in [4.69, 9.17) is 9.47 Å². The Kier molecular flexibility index (Phi) is 8.17. The third-order valence-corrected chi connectivity index (χ3v) is 8.73. The van der Waals surface area contributed by atoms with Crippen molar-refractivity contribution in [1.82, 2.24) is 0 Å². The summed E-state index contributed by atoms with van der Waals surface area (Å²) in [6.45, 7) is 0.915. The van der Waals surface area contributed by atoms with Crippen LogP contribution in [-0.4, -0.2) is 19.1 Å². The van der Waals surface area contributed by atoms with Gasteiger partial charge in [-0.05, 0) is 104 Å². The summed E-state index contributed by atoms with van der Waals surface area (Å²) in [5.74, 6) is 1.77. The number of alkyl halides is 5. The Morgan fingerprint density at radius 2 is 1.18 bits per heavy atom. The molecule has 2 aromatic carbocycles. The Morgan fingerprint density at radius 1 is 0.605 bits per heavy atom. The first-order valence-corrected chi connectivity index (χ1v) is 13.8. The molecule has 3 aliphatic rings. The third-order valence-electron chi connectivity index (χ3n) is 8.73.